The molecule has 4 aliphatic rings. The average Bonchev–Trinajstić information content (AvgIpc) is 3.15. The zero-order valence-corrected chi connectivity index (χ0v) is 22.7. The van der Waals surface area contributed by atoms with Gasteiger partial charge >= 0.3 is 0 Å². The predicted octanol–water partition coefficient (Wildman–Crippen LogP) is 5.21. The summed E-state index contributed by atoms with van der Waals surface area (Å²) in [6.45, 7) is 9.65. The molecule has 7 rings (SSSR count). The normalized spacial score (nSPS) is 25.5. The number of amidine groups is 1. The molecule has 190 valence electrons. The Labute approximate surface area is 217 Å². The van der Waals surface area contributed by atoms with Gasteiger partial charge in [0.1, 0.15) is 11.4 Å². The highest BCUT2D eigenvalue weighted by Gasteiger charge is 2.58. The Hall–Kier alpha value is -3.39. The quantitative estimate of drug-likeness (QED) is 0.450. The first-order valence-corrected chi connectivity index (χ1v) is 16.3. The lowest BCUT2D eigenvalue weighted by molar-refractivity contribution is -0.108. The highest BCUT2D eigenvalue weighted by molar-refractivity contribution is 6.91. The van der Waals surface area contributed by atoms with Gasteiger partial charge in [-0.05, 0) is 72.8 Å². The monoisotopic (exact) mass is 514 g/mol. The summed E-state index contributed by atoms with van der Waals surface area (Å²) < 4.78 is 22.5. The van der Waals surface area contributed by atoms with Crippen molar-refractivity contribution in [2.45, 2.75) is 63.6 Å². The van der Waals surface area contributed by atoms with Crippen molar-refractivity contribution >= 4 is 25.2 Å². The van der Waals surface area contributed by atoms with Crippen LogP contribution in [-0.4, -0.2) is 40.5 Å². The average molecular weight is 515 g/mol. The number of hydrogen-bond donors (Lipinski definition) is 0. The summed E-state index contributed by atoms with van der Waals surface area (Å²) >= 11 is 0. The van der Waals surface area contributed by atoms with Crippen molar-refractivity contribution in [3.63, 3.8) is 0 Å². The number of halogens is 1. The van der Waals surface area contributed by atoms with Crippen LogP contribution in [0, 0.1) is 12.7 Å². The fourth-order valence-electron chi connectivity index (χ4n) is 6.22. The van der Waals surface area contributed by atoms with Gasteiger partial charge in [-0.2, -0.15) is 0 Å². The second kappa shape index (κ2) is 7.57. The summed E-state index contributed by atoms with van der Waals surface area (Å²) in [5.74, 6) is 1.22. The summed E-state index contributed by atoms with van der Waals surface area (Å²) in [5.41, 5.74) is 4.74. The van der Waals surface area contributed by atoms with Crippen LogP contribution in [0.2, 0.25) is 19.1 Å². The number of morpholine rings is 1. The molecule has 0 N–H and O–H groups in total. The van der Waals surface area contributed by atoms with Crippen LogP contribution < -0.4 is 5.19 Å². The molecule has 0 bridgehead atoms. The number of rotatable bonds is 3. The van der Waals surface area contributed by atoms with E-state index in [2.05, 4.69) is 57.1 Å². The Bertz CT molecular complexity index is 1490. The van der Waals surface area contributed by atoms with Crippen LogP contribution in [0.5, 0.6) is 0 Å². The van der Waals surface area contributed by atoms with Crippen molar-refractivity contribution in [3.05, 3.63) is 82.9 Å². The topological polar surface area (TPSA) is 51.9 Å². The molecule has 1 aliphatic carbocycles. The molecule has 1 aromatic heterocycles. The molecule has 3 aromatic rings. The number of oxime groups is 1. The molecule has 1 unspecified atom stereocenters. The molecular formula is C29H31FN4O2Si. The lowest BCUT2D eigenvalue weighted by atomic mass is 10.00. The van der Waals surface area contributed by atoms with Gasteiger partial charge in [0.15, 0.2) is 5.76 Å². The van der Waals surface area contributed by atoms with Crippen LogP contribution in [0.4, 0.5) is 4.39 Å². The molecule has 8 heteroatoms. The summed E-state index contributed by atoms with van der Waals surface area (Å²) in [7, 11) is -1.64. The second-order valence-corrected chi connectivity index (χ2v) is 16.5. The molecule has 37 heavy (non-hydrogen) atoms. The van der Waals surface area contributed by atoms with Crippen LogP contribution >= 0.6 is 0 Å². The van der Waals surface area contributed by atoms with E-state index in [0.29, 0.717) is 12.4 Å². The number of ether oxygens (including phenoxy) is 1. The Balaban J connectivity index is 1.32. The van der Waals surface area contributed by atoms with E-state index < -0.39 is 13.8 Å². The molecule has 1 atom stereocenters. The summed E-state index contributed by atoms with van der Waals surface area (Å²) in [5, 5.41) is 6.03. The van der Waals surface area contributed by atoms with Crippen molar-refractivity contribution < 1.29 is 14.0 Å². The SMILES string of the molecule is Cc1cn(-c2ccc(C=C3OC4(CC4)CN4C3=NOC4(C)c3ccc(F)cc3)c3c2CC[Si]3(C)C)cn1. The highest BCUT2D eigenvalue weighted by atomic mass is 28.3. The van der Waals surface area contributed by atoms with Crippen molar-refractivity contribution in [2.75, 3.05) is 6.54 Å². The number of aromatic nitrogens is 2. The zero-order valence-electron chi connectivity index (χ0n) is 21.7. The highest BCUT2D eigenvalue weighted by Crippen LogP contribution is 2.50. The van der Waals surface area contributed by atoms with Crippen molar-refractivity contribution in [1.82, 2.24) is 14.5 Å². The van der Waals surface area contributed by atoms with Gasteiger partial charge in [-0.25, -0.2) is 9.37 Å². The van der Waals surface area contributed by atoms with E-state index in [9.17, 15) is 4.39 Å². The maximum Gasteiger partial charge on any atom is 0.234 e. The molecule has 4 heterocycles. The van der Waals surface area contributed by atoms with E-state index in [1.165, 1.54) is 40.2 Å². The number of aryl methyl sites for hydroxylation is 1. The third kappa shape index (κ3) is 3.49. The van der Waals surface area contributed by atoms with Gasteiger partial charge in [0, 0.05) is 24.4 Å². The molecule has 1 saturated heterocycles. The van der Waals surface area contributed by atoms with E-state index in [1.54, 1.807) is 12.1 Å². The van der Waals surface area contributed by atoms with Gasteiger partial charge in [0.05, 0.1) is 26.6 Å². The molecule has 1 spiro atoms. The first-order valence-electron chi connectivity index (χ1n) is 13.1. The summed E-state index contributed by atoms with van der Waals surface area (Å²) in [6.07, 6.45) is 9.29. The Morgan fingerprint density at radius 1 is 1.11 bits per heavy atom. The number of fused-ring (bicyclic) bond motifs is 2. The Kier molecular flexibility index (Phi) is 4.66. The summed E-state index contributed by atoms with van der Waals surface area (Å²) in [4.78, 5) is 12.7. The maximum atomic E-state index is 13.7. The third-order valence-corrected chi connectivity index (χ3v) is 12.0. The first-order chi connectivity index (χ1) is 17.7. The molecule has 2 aromatic carbocycles. The lowest BCUT2D eigenvalue weighted by Gasteiger charge is -2.41. The molecule has 0 amide bonds. The van der Waals surface area contributed by atoms with Crippen molar-refractivity contribution in [1.29, 1.82) is 0 Å². The fraction of sp³-hybridized carbons (Fsp3) is 0.379. The first kappa shape index (κ1) is 22.8. The minimum absolute atomic E-state index is 0.218. The minimum atomic E-state index is -1.64. The predicted molar refractivity (Wildman–Crippen MR) is 144 cm³/mol. The van der Waals surface area contributed by atoms with Gasteiger partial charge < -0.3 is 19.0 Å². The van der Waals surface area contributed by atoms with Crippen molar-refractivity contribution in [3.8, 4) is 5.69 Å². The molecule has 1 saturated carbocycles. The Morgan fingerprint density at radius 3 is 2.59 bits per heavy atom. The molecule has 3 aliphatic heterocycles. The van der Waals surface area contributed by atoms with E-state index in [0.717, 1.165) is 36.3 Å². The van der Waals surface area contributed by atoms with Crippen LogP contribution in [0.1, 0.15) is 42.1 Å². The number of imidazole rings is 1. The van der Waals surface area contributed by atoms with Crippen LogP contribution in [0.3, 0.4) is 0 Å². The third-order valence-electron chi connectivity index (χ3n) is 8.53. The van der Waals surface area contributed by atoms with Gasteiger partial charge in [-0.1, -0.05) is 36.4 Å². The van der Waals surface area contributed by atoms with E-state index in [1.807, 2.05) is 20.2 Å². The van der Waals surface area contributed by atoms with Gasteiger partial charge in [0.2, 0.25) is 11.6 Å². The number of nitrogens with zero attached hydrogens (tertiary/aromatic N) is 4. The zero-order chi connectivity index (χ0) is 25.6. The number of hydrogen-bond acceptors (Lipinski definition) is 5. The lowest BCUT2D eigenvalue weighted by Crippen LogP contribution is -2.53. The van der Waals surface area contributed by atoms with E-state index in [4.69, 9.17) is 9.57 Å². The van der Waals surface area contributed by atoms with Crippen LogP contribution in [0.15, 0.2) is 59.8 Å². The summed E-state index contributed by atoms with van der Waals surface area (Å²) in [6, 6.07) is 12.2. The molecule has 0 radical (unpaired) electrons. The van der Waals surface area contributed by atoms with E-state index in [-0.39, 0.29) is 11.4 Å². The largest absolute Gasteiger partial charge is 0.481 e. The fourth-order valence-corrected chi connectivity index (χ4v) is 9.36. The smallest absolute Gasteiger partial charge is 0.234 e. The van der Waals surface area contributed by atoms with Gasteiger partial charge in [0.25, 0.3) is 0 Å². The second-order valence-electron chi connectivity index (χ2n) is 11.7. The Morgan fingerprint density at radius 2 is 1.89 bits per heavy atom. The van der Waals surface area contributed by atoms with E-state index >= 15 is 0 Å². The molecule has 6 nitrogen and oxygen atoms in total. The maximum absolute atomic E-state index is 13.7. The van der Waals surface area contributed by atoms with Gasteiger partial charge in [-0.15, -0.1) is 0 Å². The standard InChI is InChI=1S/C29H31FN4O2Si/c1-19-16-33(18-31-19)24-10-5-20(26-23(24)11-14-37(26,3)4)15-25-27-32-36-28(2,21-6-8-22(30)9-7-21)34(27)17-29(35-25)12-13-29/h5-10,15-16,18H,11-14,17H2,1-4H3. The van der Waals surface area contributed by atoms with Gasteiger partial charge in [-0.3, -0.25) is 0 Å². The van der Waals surface area contributed by atoms with Crippen LogP contribution in [-0.2, 0) is 21.7 Å². The minimum Gasteiger partial charge on any atom is -0.481 e. The molecular weight excluding hydrogens is 483 g/mol. The van der Waals surface area contributed by atoms with Crippen LogP contribution in [0.25, 0.3) is 11.8 Å². The van der Waals surface area contributed by atoms with Crippen molar-refractivity contribution in [2.24, 2.45) is 5.16 Å². The number of benzene rings is 2. The molecule has 2 fully saturated rings.